The maximum absolute atomic E-state index is 12.9. The summed E-state index contributed by atoms with van der Waals surface area (Å²) in [5, 5.41) is 16.3. The molecule has 0 unspecified atom stereocenters. The molecule has 1 amide bonds. The molecule has 0 bridgehead atoms. The number of amides is 1. The molecule has 3 aromatic rings. The van der Waals surface area contributed by atoms with Crippen LogP contribution in [-0.4, -0.2) is 38.9 Å². The van der Waals surface area contributed by atoms with E-state index in [1.54, 1.807) is 18.3 Å². The van der Waals surface area contributed by atoms with Crippen molar-refractivity contribution in [3.63, 3.8) is 0 Å². The van der Waals surface area contributed by atoms with Crippen molar-refractivity contribution < 1.29 is 23.1 Å². The monoisotopic (exact) mass is 378 g/mol. The summed E-state index contributed by atoms with van der Waals surface area (Å²) in [7, 11) is 0. The quantitative estimate of drug-likeness (QED) is 0.646. The summed E-state index contributed by atoms with van der Waals surface area (Å²) in [6.07, 6.45) is -0.945. The summed E-state index contributed by atoms with van der Waals surface area (Å²) in [6.45, 7) is 0.406. The largest absolute Gasteiger partial charge is 0.416 e. The predicted molar refractivity (Wildman–Crippen MR) is 92.1 cm³/mol. The smallest absolute Gasteiger partial charge is 0.396 e. The number of aliphatic hydroxyl groups excluding tert-OH is 1. The number of hydrogen-bond acceptors (Lipinski definition) is 4. The van der Waals surface area contributed by atoms with Gasteiger partial charge in [-0.3, -0.25) is 14.5 Å². The number of carbonyl (C=O) groups excluding carboxylic acids is 1. The van der Waals surface area contributed by atoms with E-state index in [4.69, 9.17) is 5.11 Å². The summed E-state index contributed by atoms with van der Waals surface area (Å²) in [5.74, 6) is -0.396. The molecule has 0 aliphatic heterocycles. The van der Waals surface area contributed by atoms with E-state index in [9.17, 15) is 18.0 Å². The molecule has 0 spiro atoms. The van der Waals surface area contributed by atoms with Crippen LogP contribution >= 0.6 is 0 Å². The number of aliphatic hydroxyl groups is 1. The summed E-state index contributed by atoms with van der Waals surface area (Å²) >= 11 is 0. The molecule has 3 rings (SSSR count). The van der Waals surface area contributed by atoms with E-state index >= 15 is 0 Å². The van der Waals surface area contributed by atoms with Gasteiger partial charge in [0.05, 0.1) is 23.0 Å². The Bertz CT molecular complexity index is 953. The van der Waals surface area contributed by atoms with Crippen molar-refractivity contribution >= 4 is 16.8 Å². The number of rotatable bonds is 6. The molecule has 0 saturated carbocycles. The Morgan fingerprint density at radius 3 is 2.81 bits per heavy atom. The standard InChI is InChI=1S/C18H17F3N4O2/c19-18(20,21)13-4-1-3-12(9-13)10-25-11-14-15(24-25)5-7-22-16(14)17(27)23-6-2-8-26/h1,3-5,7,9,11,26H,2,6,8,10H2,(H,23,27). The average molecular weight is 378 g/mol. The van der Waals surface area contributed by atoms with Crippen LogP contribution in [0.5, 0.6) is 0 Å². The number of pyridine rings is 1. The molecular formula is C18H17F3N4O2. The summed E-state index contributed by atoms with van der Waals surface area (Å²) in [4.78, 5) is 16.3. The molecule has 1 aromatic carbocycles. The van der Waals surface area contributed by atoms with Gasteiger partial charge in [0.15, 0.2) is 0 Å². The van der Waals surface area contributed by atoms with Crippen LogP contribution in [0.2, 0.25) is 0 Å². The molecule has 0 radical (unpaired) electrons. The predicted octanol–water partition coefficient (Wildman–Crippen LogP) is 2.61. The molecule has 0 atom stereocenters. The maximum Gasteiger partial charge on any atom is 0.416 e. The van der Waals surface area contributed by atoms with Gasteiger partial charge in [-0.1, -0.05) is 12.1 Å². The third kappa shape index (κ3) is 4.43. The molecule has 27 heavy (non-hydrogen) atoms. The third-order valence-electron chi connectivity index (χ3n) is 3.92. The molecular weight excluding hydrogens is 361 g/mol. The Hall–Kier alpha value is -2.94. The Balaban J connectivity index is 1.85. The van der Waals surface area contributed by atoms with Gasteiger partial charge in [0, 0.05) is 25.5 Å². The number of benzene rings is 1. The van der Waals surface area contributed by atoms with Crippen molar-refractivity contribution in [2.45, 2.75) is 19.1 Å². The first-order valence-electron chi connectivity index (χ1n) is 8.26. The lowest BCUT2D eigenvalue weighted by Crippen LogP contribution is -2.26. The van der Waals surface area contributed by atoms with Crippen LogP contribution in [0.15, 0.2) is 42.7 Å². The first kappa shape index (κ1) is 18.8. The highest BCUT2D eigenvalue weighted by atomic mass is 19.4. The van der Waals surface area contributed by atoms with Gasteiger partial charge in [-0.15, -0.1) is 0 Å². The minimum Gasteiger partial charge on any atom is -0.396 e. The summed E-state index contributed by atoms with van der Waals surface area (Å²) in [6, 6.07) is 6.66. The molecule has 142 valence electrons. The minimum absolute atomic E-state index is 0.0349. The third-order valence-corrected chi connectivity index (χ3v) is 3.92. The van der Waals surface area contributed by atoms with Crippen LogP contribution in [0, 0.1) is 0 Å². The molecule has 0 aliphatic rings. The number of nitrogens with zero attached hydrogens (tertiary/aromatic N) is 3. The Morgan fingerprint density at radius 1 is 1.26 bits per heavy atom. The second-order valence-electron chi connectivity index (χ2n) is 5.95. The van der Waals surface area contributed by atoms with E-state index < -0.39 is 17.6 Å². The molecule has 2 aromatic heterocycles. The van der Waals surface area contributed by atoms with Gasteiger partial charge in [0.2, 0.25) is 0 Å². The fourth-order valence-corrected chi connectivity index (χ4v) is 2.65. The second-order valence-corrected chi connectivity index (χ2v) is 5.95. The van der Waals surface area contributed by atoms with Crippen LogP contribution in [0.25, 0.3) is 10.9 Å². The van der Waals surface area contributed by atoms with Gasteiger partial charge in [-0.25, -0.2) is 0 Å². The van der Waals surface area contributed by atoms with Crippen molar-refractivity contribution in [3.8, 4) is 0 Å². The van der Waals surface area contributed by atoms with Crippen LogP contribution in [-0.2, 0) is 12.7 Å². The number of nitrogens with one attached hydrogen (secondary N) is 1. The van der Waals surface area contributed by atoms with E-state index in [2.05, 4.69) is 15.4 Å². The zero-order valence-corrected chi connectivity index (χ0v) is 14.2. The highest BCUT2D eigenvalue weighted by molar-refractivity contribution is 6.04. The van der Waals surface area contributed by atoms with E-state index in [1.165, 1.54) is 16.9 Å². The van der Waals surface area contributed by atoms with Gasteiger partial charge < -0.3 is 10.4 Å². The minimum atomic E-state index is -4.41. The first-order valence-corrected chi connectivity index (χ1v) is 8.26. The van der Waals surface area contributed by atoms with Crippen molar-refractivity contribution in [1.82, 2.24) is 20.1 Å². The topological polar surface area (TPSA) is 80.0 Å². The molecule has 2 N–H and O–H groups in total. The van der Waals surface area contributed by atoms with Crippen molar-refractivity contribution in [3.05, 3.63) is 59.5 Å². The van der Waals surface area contributed by atoms with Gasteiger partial charge in [-0.2, -0.15) is 18.3 Å². The highest BCUT2D eigenvalue weighted by Gasteiger charge is 2.30. The number of hydrogen-bond donors (Lipinski definition) is 2. The van der Waals surface area contributed by atoms with E-state index in [0.29, 0.717) is 29.4 Å². The van der Waals surface area contributed by atoms with Crippen molar-refractivity contribution in [1.29, 1.82) is 0 Å². The fraction of sp³-hybridized carbons (Fsp3) is 0.278. The lowest BCUT2D eigenvalue weighted by molar-refractivity contribution is -0.137. The molecule has 0 fully saturated rings. The SMILES string of the molecule is O=C(NCCCO)c1nccc2nn(Cc3cccc(C(F)(F)F)c3)cc12. The number of fused-ring (bicyclic) bond motifs is 1. The van der Waals surface area contributed by atoms with E-state index in [-0.39, 0.29) is 18.8 Å². The molecule has 6 nitrogen and oxygen atoms in total. The van der Waals surface area contributed by atoms with Crippen LogP contribution in [0.3, 0.4) is 0 Å². The lowest BCUT2D eigenvalue weighted by Gasteiger charge is -2.08. The van der Waals surface area contributed by atoms with Crippen molar-refractivity contribution in [2.75, 3.05) is 13.2 Å². The Morgan fingerprint density at radius 2 is 2.07 bits per heavy atom. The summed E-state index contributed by atoms with van der Waals surface area (Å²) < 4.78 is 40.0. The average Bonchev–Trinajstić information content (AvgIpc) is 3.03. The zero-order valence-electron chi connectivity index (χ0n) is 14.2. The maximum atomic E-state index is 12.9. The Labute approximate surface area is 152 Å². The van der Waals surface area contributed by atoms with Crippen molar-refractivity contribution in [2.24, 2.45) is 0 Å². The number of halogens is 3. The number of carbonyl (C=O) groups is 1. The number of alkyl halides is 3. The normalized spacial score (nSPS) is 11.7. The Kier molecular flexibility index (Phi) is 5.41. The summed E-state index contributed by atoms with van der Waals surface area (Å²) in [5.41, 5.74) is 0.423. The van der Waals surface area contributed by atoms with Gasteiger partial charge in [0.1, 0.15) is 5.69 Å². The number of aromatic nitrogens is 3. The van der Waals surface area contributed by atoms with Gasteiger partial charge in [0.25, 0.3) is 5.91 Å². The van der Waals surface area contributed by atoms with Gasteiger partial charge >= 0.3 is 6.18 Å². The molecule has 9 heteroatoms. The second kappa shape index (κ2) is 7.75. The van der Waals surface area contributed by atoms with Crippen LogP contribution in [0.4, 0.5) is 13.2 Å². The van der Waals surface area contributed by atoms with Gasteiger partial charge in [-0.05, 0) is 30.2 Å². The van der Waals surface area contributed by atoms with E-state index in [1.807, 2.05) is 0 Å². The lowest BCUT2D eigenvalue weighted by atomic mass is 10.1. The first-order chi connectivity index (χ1) is 12.9. The van der Waals surface area contributed by atoms with Crippen LogP contribution < -0.4 is 5.32 Å². The fourth-order valence-electron chi connectivity index (χ4n) is 2.65. The molecule has 0 aliphatic carbocycles. The zero-order chi connectivity index (χ0) is 19.4. The molecule has 2 heterocycles. The molecule has 0 saturated heterocycles. The highest BCUT2D eigenvalue weighted by Crippen LogP contribution is 2.29. The van der Waals surface area contributed by atoms with E-state index in [0.717, 1.165) is 12.1 Å². The van der Waals surface area contributed by atoms with Crippen LogP contribution in [0.1, 0.15) is 28.0 Å².